The molecule has 1 aromatic heterocycles. The first-order valence-corrected chi connectivity index (χ1v) is 9.99. The molecule has 0 bridgehead atoms. The van der Waals surface area contributed by atoms with E-state index in [4.69, 9.17) is 21.1 Å². The fraction of sp³-hybridized carbons (Fsp3) is 0.304. The Labute approximate surface area is 170 Å². The van der Waals surface area contributed by atoms with E-state index in [0.29, 0.717) is 30.5 Å². The van der Waals surface area contributed by atoms with E-state index in [2.05, 4.69) is 11.1 Å². The van der Waals surface area contributed by atoms with Gasteiger partial charge in [-0.15, -0.1) is 0 Å². The number of rotatable bonds is 9. The Balaban J connectivity index is 1.65. The second kappa shape index (κ2) is 10.1. The fourth-order valence-electron chi connectivity index (χ4n) is 3.05. The summed E-state index contributed by atoms with van der Waals surface area (Å²) in [5.41, 5.74) is 3.04. The lowest BCUT2D eigenvalue weighted by Gasteiger charge is -2.11. The van der Waals surface area contributed by atoms with Crippen molar-refractivity contribution in [2.45, 2.75) is 32.6 Å². The molecule has 0 unspecified atom stereocenters. The standard InChI is InChI=1S/C23H24ClNO3/c1-2-27-23(26)10-4-3-7-15-28-22-16-20(17-11-13-18(24)14-12-17)19-8-5-6-9-21(19)25-22/h5-6,8-9,11-14,16H,2-4,7,10,15H2,1H3. The predicted molar refractivity (Wildman–Crippen MR) is 113 cm³/mol. The van der Waals surface area contributed by atoms with Crippen molar-refractivity contribution < 1.29 is 14.3 Å². The minimum Gasteiger partial charge on any atom is -0.478 e. The van der Waals surface area contributed by atoms with Crippen LogP contribution in [0.15, 0.2) is 54.6 Å². The number of para-hydroxylation sites is 1. The third kappa shape index (κ3) is 5.46. The van der Waals surface area contributed by atoms with E-state index in [0.717, 1.165) is 41.3 Å². The maximum atomic E-state index is 11.3. The van der Waals surface area contributed by atoms with Crippen LogP contribution in [0.3, 0.4) is 0 Å². The molecule has 0 aliphatic rings. The van der Waals surface area contributed by atoms with Crippen LogP contribution < -0.4 is 4.74 Å². The number of hydrogen-bond acceptors (Lipinski definition) is 4. The number of carbonyl (C=O) groups is 1. The van der Waals surface area contributed by atoms with Crippen molar-refractivity contribution in [2.24, 2.45) is 0 Å². The van der Waals surface area contributed by atoms with E-state index < -0.39 is 0 Å². The summed E-state index contributed by atoms with van der Waals surface area (Å²) in [4.78, 5) is 16.0. The molecule has 146 valence electrons. The van der Waals surface area contributed by atoms with Crippen LogP contribution in [0.2, 0.25) is 5.02 Å². The molecule has 0 N–H and O–H groups in total. The van der Waals surface area contributed by atoms with E-state index >= 15 is 0 Å². The SMILES string of the molecule is CCOC(=O)CCCCCOc1cc(-c2ccc(Cl)cc2)c2ccccc2n1. The van der Waals surface area contributed by atoms with E-state index in [9.17, 15) is 4.79 Å². The van der Waals surface area contributed by atoms with Crippen LogP contribution in [0.5, 0.6) is 5.88 Å². The molecule has 0 spiro atoms. The molecule has 0 aliphatic heterocycles. The molecular weight excluding hydrogens is 374 g/mol. The summed E-state index contributed by atoms with van der Waals surface area (Å²) in [7, 11) is 0. The second-order valence-electron chi connectivity index (χ2n) is 6.50. The van der Waals surface area contributed by atoms with Gasteiger partial charge >= 0.3 is 5.97 Å². The lowest BCUT2D eigenvalue weighted by atomic mass is 10.0. The van der Waals surface area contributed by atoms with E-state index in [-0.39, 0.29) is 5.97 Å². The number of nitrogens with zero attached hydrogens (tertiary/aromatic N) is 1. The summed E-state index contributed by atoms with van der Waals surface area (Å²) >= 11 is 6.03. The zero-order valence-electron chi connectivity index (χ0n) is 16.0. The first-order valence-electron chi connectivity index (χ1n) is 9.61. The van der Waals surface area contributed by atoms with Crippen LogP contribution in [0, 0.1) is 0 Å². The molecule has 1 heterocycles. The highest BCUT2D eigenvalue weighted by molar-refractivity contribution is 6.30. The minimum atomic E-state index is -0.132. The second-order valence-corrected chi connectivity index (χ2v) is 6.93. The van der Waals surface area contributed by atoms with Gasteiger partial charge in [-0.05, 0) is 55.5 Å². The molecule has 28 heavy (non-hydrogen) atoms. The number of unbranched alkanes of at least 4 members (excludes halogenated alkanes) is 2. The van der Waals surface area contributed by atoms with Crippen molar-refractivity contribution in [1.82, 2.24) is 4.98 Å². The zero-order valence-corrected chi connectivity index (χ0v) is 16.7. The number of benzene rings is 2. The Morgan fingerprint density at radius 2 is 1.82 bits per heavy atom. The van der Waals surface area contributed by atoms with Crippen molar-refractivity contribution >= 4 is 28.5 Å². The number of fused-ring (bicyclic) bond motifs is 1. The molecule has 3 rings (SSSR count). The summed E-state index contributed by atoms with van der Waals surface area (Å²) in [5, 5.41) is 1.79. The molecule has 0 saturated carbocycles. The lowest BCUT2D eigenvalue weighted by molar-refractivity contribution is -0.143. The Hall–Kier alpha value is -2.59. The lowest BCUT2D eigenvalue weighted by Crippen LogP contribution is -2.04. The van der Waals surface area contributed by atoms with Gasteiger partial charge in [-0.1, -0.05) is 41.9 Å². The molecule has 0 saturated heterocycles. The maximum absolute atomic E-state index is 11.3. The zero-order chi connectivity index (χ0) is 19.8. The summed E-state index contributed by atoms with van der Waals surface area (Å²) in [6, 6.07) is 17.8. The number of carbonyl (C=O) groups excluding carboxylic acids is 1. The molecule has 0 fully saturated rings. The predicted octanol–water partition coefficient (Wildman–Crippen LogP) is 6.06. The van der Waals surface area contributed by atoms with Gasteiger partial charge < -0.3 is 9.47 Å². The molecule has 0 amide bonds. The van der Waals surface area contributed by atoms with Crippen LogP contribution in [0.1, 0.15) is 32.6 Å². The molecule has 5 heteroatoms. The Kier molecular flexibility index (Phi) is 7.26. The minimum absolute atomic E-state index is 0.132. The van der Waals surface area contributed by atoms with Crippen molar-refractivity contribution in [2.75, 3.05) is 13.2 Å². The highest BCUT2D eigenvalue weighted by atomic mass is 35.5. The van der Waals surface area contributed by atoms with Crippen molar-refractivity contribution in [3.05, 3.63) is 59.6 Å². The van der Waals surface area contributed by atoms with Crippen molar-refractivity contribution in [1.29, 1.82) is 0 Å². The van der Waals surface area contributed by atoms with E-state index in [1.807, 2.05) is 55.5 Å². The normalized spacial score (nSPS) is 10.8. The van der Waals surface area contributed by atoms with E-state index in [1.165, 1.54) is 0 Å². The number of hydrogen-bond donors (Lipinski definition) is 0. The quantitative estimate of drug-likeness (QED) is 0.325. The molecule has 3 aromatic rings. The third-order valence-corrected chi connectivity index (χ3v) is 4.68. The van der Waals surface area contributed by atoms with Gasteiger partial charge in [0.05, 0.1) is 18.7 Å². The van der Waals surface area contributed by atoms with Crippen LogP contribution in [0.25, 0.3) is 22.0 Å². The number of pyridine rings is 1. The summed E-state index contributed by atoms with van der Waals surface area (Å²) in [6.45, 7) is 2.82. The van der Waals surface area contributed by atoms with Gasteiger partial charge in [0, 0.05) is 22.9 Å². The third-order valence-electron chi connectivity index (χ3n) is 4.43. The fourth-order valence-corrected chi connectivity index (χ4v) is 3.18. The van der Waals surface area contributed by atoms with Gasteiger partial charge in [0.2, 0.25) is 5.88 Å². The summed E-state index contributed by atoms with van der Waals surface area (Å²) < 4.78 is 10.8. The first-order chi connectivity index (χ1) is 13.7. The van der Waals surface area contributed by atoms with E-state index in [1.54, 1.807) is 0 Å². The summed E-state index contributed by atoms with van der Waals surface area (Å²) in [5.74, 6) is 0.473. The Morgan fingerprint density at radius 3 is 2.61 bits per heavy atom. The van der Waals surface area contributed by atoms with Gasteiger partial charge in [-0.3, -0.25) is 4.79 Å². The van der Waals surface area contributed by atoms with Gasteiger partial charge in [-0.25, -0.2) is 4.98 Å². The topological polar surface area (TPSA) is 48.4 Å². The average molecular weight is 398 g/mol. The van der Waals surface area contributed by atoms with Gasteiger partial charge in [-0.2, -0.15) is 0 Å². The smallest absolute Gasteiger partial charge is 0.305 e. The van der Waals surface area contributed by atoms with Crippen molar-refractivity contribution in [3.63, 3.8) is 0 Å². The van der Waals surface area contributed by atoms with Gasteiger partial charge in [0.25, 0.3) is 0 Å². The van der Waals surface area contributed by atoms with Crippen LogP contribution in [0.4, 0.5) is 0 Å². The van der Waals surface area contributed by atoms with Crippen LogP contribution in [-0.4, -0.2) is 24.2 Å². The number of esters is 1. The largest absolute Gasteiger partial charge is 0.478 e. The maximum Gasteiger partial charge on any atom is 0.305 e. The highest BCUT2D eigenvalue weighted by Crippen LogP contribution is 2.31. The Bertz CT molecular complexity index is 925. The molecule has 2 aromatic carbocycles. The van der Waals surface area contributed by atoms with Crippen LogP contribution >= 0.6 is 11.6 Å². The average Bonchev–Trinajstić information content (AvgIpc) is 2.71. The molecule has 0 radical (unpaired) electrons. The molecule has 0 atom stereocenters. The van der Waals surface area contributed by atoms with Gasteiger partial charge in [0.1, 0.15) is 0 Å². The summed E-state index contributed by atoms with van der Waals surface area (Å²) in [6.07, 6.45) is 3.05. The van der Waals surface area contributed by atoms with Crippen molar-refractivity contribution in [3.8, 4) is 17.0 Å². The molecular formula is C23H24ClNO3. The molecule has 0 aliphatic carbocycles. The first kappa shape index (κ1) is 20.2. The number of aromatic nitrogens is 1. The molecule has 4 nitrogen and oxygen atoms in total. The number of ether oxygens (including phenoxy) is 2. The Morgan fingerprint density at radius 1 is 1.04 bits per heavy atom. The highest BCUT2D eigenvalue weighted by Gasteiger charge is 2.09. The number of halogens is 1. The van der Waals surface area contributed by atoms with Gasteiger partial charge in [0.15, 0.2) is 0 Å². The van der Waals surface area contributed by atoms with Crippen LogP contribution in [-0.2, 0) is 9.53 Å². The monoisotopic (exact) mass is 397 g/mol.